The molecule has 2 N–H and O–H groups in total. The Balaban J connectivity index is 0.00000167. The number of halogens is 3. The van der Waals surface area contributed by atoms with E-state index in [0.29, 0.717) is 24.1 Å². The molecule has 9 heteroatoms. The van der Waals surface area contributed by atoms with Crippen molar-refractivity contribution >= 4 is 17.3 Å². The molecule has 0 unspecified atom stereocenters. The van der Waals surface area contributed by atoms with E-state index < -0.39 is 11.9 Å². The molecule has 1 aliphatic heterocycles. The molecule has 0 bridgehead atoms. The van der Waals surface area contributed by atoms with Gasteiger partial charge in [0, 0.05) is 12.1 Å². The highest BCUT2D eigenvalue weighted by molar-refractivity contribution is 6.03. The summed E-state index contributed by atoms with van der Waals surface area (Å²) < 4.78 is 42.0. The Morgan fingerprint density at radius 1 is 1.09 bits per heavy atom. The van der Waals surface area contributed by atoms with Crippen molar-refractivity contribution in [3.8, 4) is 5.69 Å². The van der Waals surface area contributed by atoms with Crippen LogP contribution in [0.25, 0.3) is 11.3 Å². The van der Waals surface area contributed by atoms with Gasteiger partial charge in [0.15, 0.2) is 0 Å². The number of aryl methyl sites for hydroxylation is 2. The van der Waals surface area contributed by atoms with Crippen molar-refractivity contribution in [2.24, 2.45) is 0 Å². The molecule has 4 rings (SSSR count). The van der Waals surface area contributed by atoms with Crippen LogP contribution in [0.2, 0.25) is 0 Å². The lowest BCUT2D eigenvalue weighted by Crippen LogP contribution is -2.15. The highest BCUT2D eigenvalue weighted by Gasteiger charge is 2.36. The molecule has 0 spiro atoms. The van der Waals surface area contributed by atoms with Crippen molar-refractivity contribution in [1.29, 1.82) is 0 Å². The molecule has 3 aromatic rings. The maximum atomic E-state index is 13.7. The van der Waals surface area contributed by atoms with Crippen LogP contribution in [0.3, 0.4) is 0 Å². The highest BCUT2D eigenvalue weighted by Crippen LogP contribution is 2.33. The second-order valence-electron chi connectivity index (χ2n) is 7.73. The molecule has 0 saturated heterocycles. The fourth-order valence-corrected chi connectivity index (χ4v) is 3.39. The van der Waals surface area contributed by atoms with Crippen LogP contribution in [0, 0.1) is 13.8 Å². The molecule has 0 aliphatic carbocycles. The van der Waals surface area contributed by atoms with Gasteiger partial charge in [-0.05, 0) is 73.5 Å². The van der Waals surface area contributed by atoms with E-state index in [1.54, 1.807) is 18.3 Å². The number of carbonyl (C=O) groups is 1. The van der Waals surface area contributed by atoms with Gasteiger partial charge in [-0.2, -0.15) is 18.3 Å². The number of rotatable bonds is 4. The molecule has 1 aromatic carbocycles. The van der Waals surface area contributed by atoms with Gasteiger partial charge in [0.05, 0.1) is 17.6 Å². The number of nitrogens with zero attached hydrogens (tertiary/aromatic N) is 3. The average molecular weight is 484 g/mol. The number of benzene rings is 1. The van der Waals surface area contributed by atoms with Crippen LogP contribution in [0.4, 0.5) is 19.0 Å². The number of hydrogen-bond acceptors (Lipinski definition) is 4. The van der Waals surface area contributed by atoms with Crippen molar-refractivity contribution in [2.75, 3.05) is 11.9 Å². The Morgan fingerprint density at radius 3 is 2.51 bits per heavy atom. The van der Waals surface area contributed by atoms with Crippen LogP contribution in [-0.2, 0) is 6.18 Å². The Kier molecular flexibility index (Phi) is 8.11. The summed E-state index contributed by atoms with van der Waals surface area (Å²) in [5.74, 6) is -0.123. The quantitative estimate of drug-likeness (QED) is 0.472. The van der Waals surface area contributed by atoms with Gasteiger partial charge in [-0.3, -0.25) is 4.79 Å². The largest absolute Gasteiger partial charge is 0.433 e. The standard InChI is InChI=1S/C24H22F3N5O.C2H6/c1-15-6-7-17(11-16(15)2)23(33)30-22-9-8-19(14-29-22)32-21(24(25,26)27)12-20(31-32)18-5-3-4-10-28-13-18;1-2/h4-12,14,28H,3,13H2,1-2H3,(H,29,30,33);1-2H3. The topological polar surface area (TPSA) is 71.8 Å². The molecule has 184 valence electrons. The third-order valence-corrected chi connectivity index (χ3v) is 5.36. The summed E-state index contributed by atoms with van der Waals surface area (Å²) in [5, 5.41) is 9.88. The summed E-state index contributed by atoms with van der Waals surface area (Å²) in [6.45, 7) is 8.24. The van der Waals surface area contributed by atoms with Gasteiger partial charge in [-0.25, -0.2) is 9.67 Å². The maximum Gasteiger partial charge on any atom is 0.433 e. The lowest BCUT2D eigenvalue weighted by Gasteiger charge is -2.11. The Hall–Kier alpha value is -3.88. The molecular weight excluding hydrogens is 455 g/mol. The molecule has 1 aliphatic rings. The van der Waals surface area contributed by atoms with E-state index in [9.17, 15) is 18.0 Å². The minimum absolute atomic E-state index is 0.137. The highest BCUT2D eigenvalue weighted by atomic mass is 19.4. The molecule has 35 heavy (non-hydrogen) atoms. The van der Waals surface area contributed by atoms with E-state index in [-0.39, 0.29) is 23.1 Å². The smallest absolute Gasteiger partial charge is 0.387 e. The number of alkyl halides is 3. The van der Waals surface area contributed by atoms with Gasteiger partial charge >= 0.3 is 6.18 Å². The van der Waals surface area contributed by atoms with E-state index in [2.05, 4.69) is 20.7 Å². The first-order valence-corrected chi connectivity index (χ1v) is 11.3. The van der Waals surface area contributed by atoms with E-state index in [0.717, 1.165) is 21.9 Å². The van der Waals surface area contributed by atoms with E-state index in [1.807, 2.05) is 45.9 Å². The van der Waals surface area contributed by atoms with Crippen molar-refractivity contribution in [3.05, 3.63) is 89.0 Å². The number of nitrogens with one attached hydrogen (secondary N) is 2. The number of aromatic nitrogens is 3. The summed E-state index contributed by atoms with van der Waals surface area (Å²) >= 11 is 0. The van der Waals surface area contributed by atoms with Crippen molar-refractivity contribution in [1.82, 2.24) is 20.1 Å². The normalized spacial score (nSPS) is 13.2. The third kappa shape index (κ3) is 6.17. The second-order valence-corrected chi connectivity index (χ2v) is 7.73. The zero-order valence-electron chi connectivity index (χ0n) is 20.1. The van der Waals surface area contributed by atoms with Crippen LogP contribution in [0.1, 0.15) is 53.1 Å². The Bertz CT molecular complexity index is 1240. The van der Waals surface area contributed by atoms with Gasteiger partial charge in [0.2, 0.25) is 0 Å². The number of amides is 1. The number of pyridine rings is 1. The zero-order valence-corrected chi connectivity index (χ0v) is 20.1. The first-order valence-electron chi connectivity index (χ1n) is 11.3. The SMILES string of the molecule is CC.Cc1ccc(C(=O)Nc2ccc(-n3nc(C4=CCC=CNC4)cc3C(F)(F)F)cn2)cc1C. The van der Waals surface area contributed by atoms with Crippen LogP contribution in [0.15, 0.2) is 60.9 Å². The van der Waals surface area contributed by atoms with Crippen LogP contribution in [-0.4, -0.2) is 27.2 Å². The number of allylic oxidation sites excluding steroid dienone is 2. The van der Waals surface area contributed by atoms with Crippen LogP contribution in [0.5, 0.6) is 0 Å². The van der Waals surface area contributed by atoms with E-state index in [1.165, 1.54) is 18.3 Å². The fourth-order valence-electron chi connectivity index (χ4n) is 3.39. The molecule has 3 heterocycles. The first kappa shape index (κ1) is 25.7. The van der Waals surface area contributed by atoms with Gasteiger partial charge in [0.25, 0.3) is 5.91 Å². The third-order valence-electron chi connectivity index (χ3n) is 5.36. The fraction of sp³-hybridized carbons (Fsp3) is 0.269. The predicted octanol–water partition coefficient (Wildman–Crippen LogP) is 6.07. The number of anilines is 1. The zero-order chi connectivity index (χ0) is 25.6. The van der Waals surface area contributed by atoms with E-state index in [4.69, 9.17) is 0 Å². The summed E-state index contributed by atoms with van der Waals surface area (Å²) in [4.78, 5) is 16.6. The van der Waals surface area contributed by atoms with Crippen molar-refractivity contribution < 1.29 is 18.0 Å². The molecule has 2 aromatic heterocycles. The summed E-state index contributed by atoms with van der Waals surface area (Å²) in [7, 11) is 0. The van der Waals surface area contributed by atoms with Crippen LogP contribution >= 0.6 is 0 Å². The Labute approximate surface area is 202 Å². The lowest BCUT2D eigenvalue weighted by atomic mass is 10.1. The van der Waals surface area contributed by atoms with Crippen molar-refractivity contribution in [2.45, 2.75) is 40.3 Å². The molecule has 0 atom stereocenters. The summed E-state index contributed by atoms with van der Waals surface area (Å²) in [6.07, 6.45) is 2.74. The summed E-state index contributed by atoms with van der Waals surface area (Å²) in [6, 6.07) is 9.26. The minimum Gasteiger partial charge on any atom is -0.387 e. The van der Waals surface area contributed by atoms with Gasteiger partial charge in [-0.15, -0.1) is 0 Å². The first-order chi connectivity index (χ1) is 16.7. The molecule has 0 radical (unpaired) electrons. The van der Waals surface area contributed by atoms with Crippen molar-refractivity contribution in [3.63, 3.8) is 0 Å². The molecule has 0 saturated carbocycles. The molecule has 1 amide bonds. The van der Waals surface area contributed by atoms with Crippen LogP contribution < -0.4 is 10.6 Å². The average Bonchev–Trinajstić information content (AvgIpc) is 3.12. The second kappa shape index (κ2) is 11.0. The number of hydrogen-bond donors (Lipinski definition) is 2. The monoisotopic (exact) mass is 483 g/mol. The van der Waals surface area contributed by atoms with Gasteiger partial charge in [0.1, 0.15) is 11.5 Å². The molecular formula is C26H28F3N5O. The minimum atomic E-state index is -4.60. The molecule has 6 nitrogen and oxygen atoms in total. The predicted molar refractivity (Wildman–Crippen MR) is 131 cm³/mol. The number of carbonyl (C=O) groups excluding carboxylic acids is 1. The van der Waals surface area contributed by atoms with E-state index >= 15 is 0 Å². The van der Waals surface area contributed by atoms with Gasteiger partial charge in [-0.1, -0.05) is 32.1 Å². The maximum absolute atomic E-state index is 13.7. The lowest BCUT2D eigenvalue weighted by molar-refractivity contribution is -0.142. The Morgan fingerprint density at radius 2 is 1.86 bits per heavy atom. The summed E-state index contributed by atoms with van der Waals surface area (Å²) in [5.41, 5.74) is 2.68. The molecule has 0 fully saturated rings. The van der Waals surface area contributed by atoms with Gasteiger partial charge < -0.3 is 10.6 Å².